The minimum Gasteiger partial charge on any atom is -0.397 e. The van der Waals surface area contributed by atoms with E-state index in [1.54, 1.807) is 6.20 Å². The van der Waals surface area contributed by atoms with Gasteiger partial charge in [0.15, 0.2) is 0 Å². The molecular formula is C25H28N4O2. The Balaban J connectivity index is 1.43. The van der Waals surface area contributed by atoms with E-state index in [-0.39, 0.29) is 12.2 Å². The first-order valence-corrected chi connectivity index (χ1v) is 10.9. The minimum atomic E-state index is 0.102. The number of ether oxygens (including phenoxy) is 2. The summed E-state index contributed by atoms with van der Waals surface area (Å²) in [5.74, 6) is 0. The number of nitrogens with two attached hydrogens (primary N) is 1. The topological polar surface area (TPSA) is 81.4 Å². The van der Waals surface area contributed by atoms with Crippen molar-refractivity contribution in [1.82, 2.24) is 15.6 Å². The Morgan fingerprint density at radius 3 is 1.84 bits per heavy atom. The highest BCUT2D eigenvalue weighted by molar-refractivity contribution is 5.82. The summed E-state index contributed by atoms with van der Waals surface area (Å²) < 4.78 is 11.7. The first-order valence-electron chi connectivity index (χ1n) is 10.9. The van der Waals surface area contributed by atoms with Crippen molar-refractivity contribution in [3.8, 4) is 22.4 Å². The largest absolute Gasteiger partial charge is 0.397 e. The molecular weight excluding hydrogens is 388 g/mol. The van der Waals surface area contributed by atoms with Crippen molar-refractivity contribution in [2.24, 2.45) is 0 Å². The van der Waals surface area contributed by atoms with Gasteiger partial charge in [0, 0.05) is 37.3 Å². The van der Waals surface area contributed by atoms with Gasteiger partial charge in [0.25, 0.3) is 0 Å². The van der Waals surface area contributed by atoms with Crippen LogP contribution in [-0.2, 0) is 9.47 Å². The summed E-state index contributed by atoms with van der Waals surface area (Å²) >= 11 is 0. The van der Waals surface area contributed by atoms with Crippen LogP contribution in [0, 0.1) is 0 Å². The molecule has 6 heteroatoms. The Morgan fingerprint density at radius 2 is 1.32 bits per heavy atom. The normalized spacial score (nSPS) is 21.7. The zero-order chi connectivity index (χ0) is 21.0. The zero-order valence-electron chi connectivity index (χ0n) is 17.5. The maximum Gasteiger partial charge on any atom is 0.0949 e. The molecule has 0 aliphatic carbocycles. The van der Waals surface area contributed by atoms with E-state index in [2.05, 4.69) is 64.1 Å². The second kappa shape index (κ2) is 9.16. The number of benzene rings is 2. The highest BCUT2D eigenvalue weighted by Crippen LogP contribution is 2.33. The summed E-state index contributed by atoms with van der Waals surface area (Å²) in [6.45, 7) is 5.00. The standard InChI is InChI=1S/C25H28N4O2/c26-21-13-22(17-1-3-18(4-2-17)23-15-27-9-11-30-23)25(29-14-21)20-7-5-19(6-8-20)24-16-28-10-12-31-24/h1-8,13-14,23-24,27-28H,9-12,15-16,26H2. The summed E-state index contributed by atoms with van der Waals surface area (Å²) in [6, 6.07) is 19.0. The Morgan fingerprint density at radius 1 is 0.774 bits per heavy atom. The predicted octanol–water partition coefficient (Wildman–Crippen LogP) is 3.32. The number of pyridine rings is 1. The molecule has 0 radical (unpaired) electrons. The molecule has 31 heavy (non-hydrogen) atoms. The lowest BCUT2D eigenvalue weighted by molar-refractivity contribution is 0.0276. The van der Waals surface area contributed by atoms with E-state index in [0.717, 1.165) is 61.8 Å². The van der Waals surface area contributed by atoms with Crippen LogP contribution < -0.4 is 16.4 Å². The molecule has 5 rings (SSSR count). The van der Waals surface area contributed by atoms with Gasteiger partial charge in [-0.05, 0) is 22.8 Å². The first-order chi connectivity index (χ1) is 15.3. The average Bonchev–Trinajstić information content (AvgIpc) is 2.85. The van der Waals surface area contributed by atoms with E-state index in [4.69, 9.17) is 15.2 Å². The molecule has 0 saturated carbocycles. The SMILES string of the molecule is Nc1cnc(-c2ccc(C3CNCCO3)cc2)c(-c2ccc(C3CNCCO3)cc2)c1. The van der Waals surface area contributed by atoms with Crippen LogP contribution in [0.25, 0.3) is 22.4 Å². The maximum atomic E-state index is 6.10. The van der Waals surface area contributed by atoms with Gasteiger partial charge in [0.2, 0.25) is 0 Å². The Hall–Kier alpha value is -2.77. The Labute approximate surface area is 182 Å². The molecule has 0 bridgehead atoms. The van der Waals surface area contributed by atoms with Crippen molar-refractivity contribution in [3.05, 3.63) is 71.9 Å². The molecule has 6 nitrogen and oxygen atoms in total. The molecule has 0 amide bonds. The lowest BCUT2D eigenvalue weighted by Crippen LogP contribution is -2.33. The highest BCUT2D eigenvalue weighted by atomic mass is 16.5. The number of aromatic nitrogens is 1. The Bertz CT molecular complexity index is 1010. The van der Waals surface area contributed by atoms with Crippen molar-refractivity contribution in [2.75, 3.05) is 45.1 Å². The number of hydrogen-bond donors (Lipinski definition) is 3. The van der Waals surface area contributed by atoms with Crippen LogP contribution in [0.15, 0.2) is 60.8 Å². The van der Waals surface area contributed by atoms with Crippen molar-refractivity contribution in [1.29, 1.82) is 0 Å². The second-order valence-corrected chi connectivity index (χ2v) is 8.04. The number of nitrogen functional groups attached to an aromatic ring is 1. The average molecular weight is 417 g/mol. The van der Waals surface area contributed by atoms with Gasteiger partial charge in [0.05, 0.1) is 43.0 Å². The minimum absolute atomic E-state index is 0.102. The molecule has 3 aromatic rings. The van der Waals surface area contributed by atoms with Crippen molar-refractivity contribution < 1.29 is 9.47 Å². The molecule has 2 fully saturated rings. The van der Waals surface area contributed by atoms with Crippen molar-refractivity contribution >= 4 is 5.69 Å². The molecule has 2 aromatic carbocycles. The lowest BCUT2D eigenvalue weighted by Gasteiger charge is -2.24. The predicted molar refractivity (Wildman–Crippen MR) is 123 cm³/mol. The summed E-state index contributed by atoms with van der Waals surface area (Å²) in [5, 5.41) is 6.76. The number of rotatable bonds is 4. The van der Waals surface area contributed by atoms with Gasteiger partial charge < -0.3 is 25.8 Å². The van der Waals surface area contributed by atoms with Gasteiger partial charge in [-0.1, -0.05) is 48.5 Å². The van der Waals surface area contributed by atoms with Crippen LogP contribution in [-0.4, -0.2) is 44.4 Å². The monoisotopic (exact) mass is 416 g/mol. The van der Waals surface area contributed by atoms with Crippen molar-refractivity contribution in [3.63, 3.8) is 0 Å². The maximum absolute atomic E-state index is 6.10. The number of nitrogens with zero attached hydrogens (tertiary/aromatic N) is 1. The van der Waals surface area contributed by atoms with Gasteiger partial charge in [-0.15, -0.1) is 0 Å². The Kier molecular flexibility index (Phi) is 5.95. The molecule has 3 heterocycles. The fraction of sp³-hybridized carbons (Fsp3) is 0.320. The first kappa shape index (κ1) is 20.2. The van der Waals surface area contributed by atoms with Crippen molar-refractivity contribution in [2.45, 2.75) is 12.2 Å². The van der Waals surface area contributed by atoms with Crippen LogP contribution in [0.4, 0.5) is 5.69 Å². The number of morpholine rings is 2. The molecule has 2 saturated heterocycles. The second-order valence-electron chi connectivity index (χ2n) is 8.04. The van der Waals surface area contributed by atoms with Gasteiger partial charge in [-0.2, -0.15) is 0 Å². The van der Waals surface area contributed by atoms with E-state index in [0.29, 0.717) is 5.69 Å². The van der Waals surface area contributed by atoms with Gasteiger partial charge >= 0.3 is 0 Å². The summed E-state index contributed by atoms with van der Waals surface area (Å²) in [6.07, 6.45) is 1.92. The fourth-order valence-electron chi connectivity index (χ4n) is 4.22. The molecule has 160 valence electrons. The third-order valence-corrected chi connectivity index (χ3v) is 5.91. The molecule has 1 aromatic heterocycles. The highest BCUT2D eigenvalue weighted by Gasteiger charge is 2.18. The third-order valence-electron chi connectivity index (χ3n) is 5.91. The number of nitrogens with one attached hydrogen (secondary N) is 2. The van der Waals surface area contributed by atoms with Crippen LogP contribution >= 0.6 is 0 Å². The van der Waals surface area contributed by atoms with Gasteiger partial charge in [-0.25, -0.2) is 0 Å². The summed E-state index contributed by atoms with van der Waals surface area (Å²) in [7, 11) is 0. The number of hydrogen-bond acceptors (Lipinski definition) is 6. The van der Waals surface area contributed by atoms with Gasteiger partial charge in [-0.3, -0.25) is 4.98 Å². The molecule has 0 spiro atoms. The van der Waals surface area contributed by atoms with Crippen LogP contribution in [0.2, 0.25) is 0 Å². The summed E-state index contributed by atoms with van der Waals surface area (Å²) in [4.78, 5) is 4.68. The third kappa shape index (κ3) is 4.48. The molecule has 2 unspecified atom stereocenters. The molecule has 2 aliphatic heterocycles. The zero-order valence-corrected chi connectivity index (χ0v) is 17.5. The van der Waals surface area contributed by atoms with Crippen LogP contribution in [0.3, 0.4) is 0 Å². The smallest absolute Gasteiger partial charge is 0.0949 e. The van der Waals surface area contributed by atoms with Crippen LogP contribution in [0.5, 0.6) is 0 Å². The van der Waals surface area contributed by atoms with E-state index in [1.165, 1.54) is 11.1 Å². The lowest BCUT2D eigenvalue weighted by atomic mass is 9.96. The quantitative estimate of drug-likeness (QED) is 0.605. The molecule has 2 atom stereocenters. The fourth-order valence-corrected chi connectivity index (χ4v) is 4.22. The molecule has 2 aliphatic rings. The number of anilines is 1. The molecule has 4 N–H and O–H groups in total. The van der Waals surface area contributed by atoms with Gasteiger partial charge in [0.1, 0.15) is 0 Å². The summed E-state index contributed by atoms with van der Waals surface area (Å²) in [5.41, 5.74) is 13.2. The van der Waals surface area contributed by atoms with E-state index in [9.17, 15) is 0 Å². The van der Waals surface area contributed by atoms with E-state index in [1.807, 2.05) is 6.07 Å². The van der Waals surface area contributed by atoms with Crippen LogP contribution in [0.1, 0.15) is 23.3 Å². The van der Waals surface area contributed by atoms with E-state index >= 15 is 0 Å². The van der Waals surface area contributed by atoms with E-state index < -0.39 is 0 Å².